The standard InChI is InChI=1S/C16H30N4O3S/c1-17-14(21)6-10-23-9-4-8-18-7-3-2-5-13-15-12(11-24-13)19-16(22)20-15/h12-13,15,18H,2-11H2,1H3,(H,17,21)(H2,19,20,22). The Hall–Kier alpha value is -0.990. The van der Waals surface area contributed by atoms with Crippen molar-refractivity contribution < 1.29 is 14.3 Å². The molecular weight excluding hydrogens is 328 g/mol. The van der Waals surface area contributed by atoms with E-state index in [9.17, 15) is 9.59 Å². The number of hydrogen-bond donors (Lipinski definition) is 4. The highest BCUT2D eigenvalue weighted by Gasteiger charge is 2.42. The molecule has 0 spiro atoms. The van der Waals surface area contributed by atoms with Crippen molar-refractivity contribution in [3.8, 4) is 0 Å². The number of urea groups is 1. The third-order valence-electron chi connectivity index (χ3n) is 4.42. The van der Waals surface area contributed by atoms with Gasteiger partial charge in [-0.2, -0.15) is 11.8 Å². The molecule has 2 fully saturated rings. The van der Waals surface area contributed by atoms with Crippen LogP contribution in [0.5, 0.6) is 0 Å². The molecule has 2 aliphatic rings. The number of rotatable bonds is 12. The summed E-state index contributed by atoms with van der Waals surface area (Å²) >= 11 is 1.98. The Bertz CT molecular complexity index is 411. The molecule has 3 unspecified atom stereocenters. The van der Waals surface area contributed by atoms with Crippen LogP contribution in [0.1, 0.15) is 32.1 Å². The van der Waals surface area contributed by atoms with Gasteiger partial charge in [-0.1, -0.05) is 6.42 Å². The minimum Gasteiger partial charge on any atom is -0.381 e. The first-order valence-electron chi connectivity index (χ1n) is 8.88. The van der Waals surface area contributed by atoms with Gasteiger partial charge in [-0.25, -0.2) is 4.79 Å². The molecule has 0 aromatic heterocycles. The van der Waals surface area contributed by atoms with Crippen LogP contribution in [0.2, 0.25) is 0 Å². The lowest BCUT2D eigenvalue weighted by Gasteiger charge is -2.16. The third kappa shape index (κ3) is 6.49. The highest BCUT2D eigenvalue weighted by atomic mass is 32.2. The van der Waals surface area contributed by atoms with E-state index in [1.54, 1.807) is 7.05 Å². The maximum Gasteiger partial charge on any atom is 0.315 e. The van der Waals surface area contributed by atoms with Gasteiger partial charge in [-0.3, -0.25) is 4.79 Å². The molecule has 2 rings (SSSR count). The van der Waals surface area contributed by atoms with Gasteiger partial charge in [-0.05, 0) is 32.4 Å². The Morgan fingerprint density at radius 3 is 2.92 bits per heavy atom. The number of ether oxygens (including phenoxy) is 1. The first kappa shape index (κ1) is 19.3. The summed E-state index contributed by atoms with van der Waals surface area (Å²) in [6, 6.07) is 0.644. The summed E-state index contributed by atoms with van der Waals surface area (Å²) in [6.07, 6.45) is 4.91. The number of carbonyl (C=O) groups is 2. The summed E-state index contributed by atoms with van der Waals surface area (Å²) in [5.41, 5.74) is 0. The van der Waals surface area contributed by atoms with Crippen molar-refractivity contribution in [3.63, 3.8) is 0 Å². The molecule has 0 aromatic carbocycles. The van der Waals surface area contributed by atoms with E-state index in [0.717, 1.165) is 38.1 Å². The Labute approximate surface area is 148 Å². The van der Waals surface area contributed by atoms with Crippen LogP contribution < -0.4 is 21.3 Å². The second kappa shape index (κ2) is 10.8. The van der Waals surface area contributed by atoms with Crippen molar-refractivity contribution >= 4 is 23.7 Å². The van der Waals surface area contributed by atoms with Gasteiger partial charge in [0.1, 0.15) is 0 Å². The van der Waals surface area contributed by atoms with Crippen molar-refractivity contribution in [1.82, 2.24) is 21.3 Å². The Balaban J connectivity index is 1.36. The zero-order chi connectivity index (χ0) is 17.2. The summed E-state index contributed by atoms with van der Waals surface area (Å²) in [7, 11) is 1.64. The molecule has 0 bridgehead atoms. The van der Waals surface area contributed by atoms with Crippen LogP contribution in [0.4, 0.5) is 4.79 Å². The smallest absolute Gasteiger partial charge is 0.315 e. The van der Waals surface area contributed by atoms with Crippen molar-refractivity contribution in [2.75, 3.05) is 39.1 Å². The van der Waals surface area contributed by atoms with Gasteiger partial charge >= 0.3 is 6.03 Å². The molecule has 3 amide bonds. The predicted molar refractivity (Wildman–Crippen MR) is 96.3 cm³/mol. The molecule has 3 atom stereocenters. The van der Waals surface area contributed by atoms with E-state index in [0.29, 0.717) is 37.0 Å². The van der Waals surface area contributed by atoms with Crippen LogP contribution in [-0.4, -0.2) is 68.4 Å². The van der Waals surface area contributed by atoms with Crippen LogP contribution in [0, 0.1) is 0 Å². The summed E-state index contributed by atoms with van der Waals surface area (Å²) in [5, 5.41) is 12.6. The van der Waals surface area contributed by atoms with Crippen LogP contribution in [0.25, 0.3) is 0 Å². The van der Waals surface area contributed by atoms with Crippen LogP contribution in [-0.2, 0) is 9.53 Å². The van der Waals surface area contributed by atoms with Gasteiger partial charge in [0, 0.05) is 31.1 Å². The fraction of sp³-hybridized carbons (Fsp3) is 0.875. The van der Waals surface area contributed by atoms with E-state index in [-0.39, 0.29) is 11.9 Å². The lowest BCUT2D eigenvalue weighted by Crippen LogP contribution is -2.36. The van der Waals surface area contributed by atoms with Gasteiger partial charge in [0.25, 0.3) is 0 Å². The molecule has 4 N–H and O–H groups in total. The molecule has 0 radical (unpaired) electrons. The molecule has 8 heteroatoms. The predicted octanol–water partition coefficient (Wildman–Crippen LogP) is 0.455. The summed E-state index contributed by atoms with van der Waals surface area (Å²) in [5.74, 6) is 1.06. The monoisotopic (exact) mass is 358 g/mol. The lowest BCUT2D eigenvalue weighted by atomic mass is 10.0. The van der Waals surface area contributed by atoms with Gasteiger partial charge in [-0.15, -0.1) is 0 Å². The number of nitrogens with one attached hydrogen (secondary N) is 4. The van der Waals surface area contributed by atoms with Gasteiger partial charge < -0.3 is 26.0 Å². The summed E-state index contributed by atoms with van der Waals surface area (Å²) in [6.45, 7) is 3.15. The number of thioether (sulfide) groups is 1. The number of carbonyl (C=O) groups excluding carboxylic acids is 2. The highest BCUT2D eigenvalue weighted by Crippen LogP contribution is 2.32. The zero-order valence-electron chi connectivity index (χ0n) is 14.4. The lowest BCUT2D eigenvalue weighted by molar-refractivity contribution is -0.121. The Kier molecular flexibility index (Phi) is 8.69. The van der Waals surface area contributed by atoms with Crippen molar-refractivity contribution in [3.05, 3.63) is 0 Å². The number of unbranched alkanes of at least 4 members (excludes halogenated alkanes) is 1. The minimum absolute atomic E-state index is 0.00508. The average Bonchev–Trinajstić information content (AvgIpc) is 3.11. The maximum atomic E-state index is 11.3. The largest absolute Gasteiger partial charge is 0.381 e. The van der Waals surface area contributed by atoms with Crippen molar-refractivity contribution in [1.29, 1.82) is 0 Å². The van der Waals surface area contributed by atoms with E-state index >= 15 is 0 Å². The second-order valence-electron chi connectivity index (χ2n) is 6.26. The fourth-order valence-corrected chi connectivity index (χ4v) is 4.60. The Morgan fingerprint density at radius 2 is 2.08 bits per heavy atom. The van der Waals surface area contributed by atoms with Gasteiger partial charge in [0.15, 0.2) is 0 Å². The molecular formula is C16H30N4O3S. The molecule has 2 aliphatic heterocycles. The van der Waals surface area contributed by atoms with E-state index in [1.165, 1.54) is 6.42 Å². The first-order valence-corrected chi connectivity index (χ1v) is 9.93. The number of fused-ring (bicyclic) bond motifs is 1. The summed E-state index contributed by atoms with van der Waals surface area (Å²) < 4.78 is 5.41. The van der Waals surface area contributed by atoms with E-state index < -0.39 is 0 Å². The summed E-state index contributed by atoms with van der Waals surface area (Å²) in [4.78, 5) is 22.3. The molecule has 7 nitrogen and oxygen atoms in total. The van der Waals surface area contributed by atoms with E-state index in [4.69, 9.17) is 4.74 Å². The van der Waals surface area contributed by atoms with Crippen molar-refractivity contribution in [2.24, 2.45) is 0 Å². The van der Waals surface area contributed by atoms with Crippen LogP contribution in [0.15, 0.2) is 0 Å². The van der Waals surface area contributed by atoms with Gasteiger partial charge in [0.2, 0.25) is 5.91 Å². The van der Waals surface area contributed by atoms with E-state index in [2.05, 4.69) is 21.3 Å². The normalized spacial score (nSPS) is 25.2. The van der Waals surface area contributed by atoms with Crippen LogP contribution in [0.3, 0.4) is 0 Å². The quantitative estimate of drug-likeness (QED) is 0.300. The minimum atomic E-state index is -0.00508. The topological polar surface area (TPSA) is 91.5 Å². The molecule has 2 saturated heterocycles. The van der Waals surface area contributed by atoms with Gasteiger partial charge in [0.05, 0.1) is 18.7 Å². The molecule has 24 heavy (non-hydrogen) atoms. The van der Waals surface area contributed by atoms with Crippen LogP contribution >= 0.6 is 11.8 Å². The van der Waals surface area contributed by atoms with E-state index in [1.807, 2.05) is 11.8 Å². The number of amides is 3. The zero-order valence-corrected chi connectivity index (χ0v) is 15.3. The molecule has 2 heterocycles. The molecule has 0 saturated carbocycles. The molecule has 0 aliphatic carbocycles. The SMILES string of the molecule is CNC(=O)CCOCCCNCCCCC1SCC2NC(=O)NC21. The first-order chi connectivity index (χ1) is 11.7. The average molecular weight is 359 g/mol. The van der Waals surface area contributed by atoms with Crippen molar-refractivity contribution in [2.45, 2.75) is 49.4 Å². The number of hydrogen-bond acceptors (Lipinski definition) is 5. The Morgan fingerprint density at radius 1 is 1.25 bits per heavy atom. The molecule has 138 valence electrons. The highest BCUT2D eigenvalue weighted by molar-refractivity contribution is 8.00. The fourth-order valence-electron chi connectivity index (χ4n) is 3.05. The maximum absolute atomic E-state index is 11.3. The second-order valence-corrected chi connectivity index (χ2v) is 7.53. The molecule has 0 aromatic rings. The third-order valence-corrected chi connectivity index (χ3v) is 5.93.